The first kappa shape index (κ1) is 33.9. The first-order chi connectivity index (χ1) is 21.6. The first-order valence-electron chi connectivity index (χ1n) is 14.6. The average molecular weight is 633 g/mol. The van der Waals surface area contributed by atoms with Crippen molar-refractivity contribution < 1.29 is 54.9 Å². The lowest BCUT2D eigenvalue weighted by Crippen LogP contribution is -2.50. The number of aromatic hydroxyl groups is 3. The highest BCUT2D eigenvalue weighted by Gasteiger charge is 2.56. The van der Waals surface area contributed by atoms with Crippen LogP contribution in [-0.4, -0.2) is 71.1 Å². The van der Waals surface area contributed by atoms with Gasteiger partial charge in [0.05, 0.1) is 0 Å². The molecule has 0 saturated carbocycles. The Morgan fingerprint density at radius 2 is 1.59 bits per heavy atom. The maximum atomic E-state index is 13.2. The summed E-state index contributed by atoms with van der Waals surface area (Å²) in [5.74, 6) is -5.00. The Balaban J connectivity index is 1.93. The highest BCUT2D eigenvalue weighted by atomic mass is 16.6. The van der Waals surface area contributed by atoms with Crippen molar-refractivity contribution in [1.29, 1.82) is 0 Å². The molecule has 0 spiro atoms. The van der Waals surface area contributed by atoms with Gasteiger partial charge in [-0.3, -0.25) is 9.59 Å². The van der Waals surface area contributed by atoms with Crippen LogP contribution in [0.4, 0.5) is 0 Å². The Morgan fingerprint density at radius 3 is 2.17 bits per heavy atom. The lowest BCUT2D eigenvalue weighted by molar-refractivity contribution is -0.142. The van der Waals surface area contributed by atoms with Crippen LogP contribution in [0.3, 0.4) is 0 Å². The number of hydrogen-bond acceptors (Lipinski definition) is 11. The molecule has 4 atom stereocenters. The summed E-state index contributed by atoms with van der Waals surface area (Å²) in [6.45, 7) is 6.78. The summed E-state index contributed by atoms with van der Waals surface area (Å²) in [7, 11) is 0. The van der Waals surface area contributed by atoms with E-state index in [1.807, 2.05) is 19.9 Å². The average Bonchev–Trinajstić information content (AvgIpc) is 3.38. The van der Waals surface area contributed by atoms with Crippen molar-refractivity contribution in [2.75, 3.05) is 0 Å². The van der Waals surface area contributed by atoms with Crippen molar-refractivity contribution in [2.24, 2.45) is 5.92 Å². The van der Waals surface area contributed by atoms with Gasteiger partial charge in [0.25, 0.3) is 0 Å². The Kier molecular flexibility index (Phi) is 9.71. The molecule has 2 aromatic rings. The molecule has 0 aromatic heterocycles. The second kappa shape index (κ2) is 13.2. The van der Waals surface area contributed by atoms with E-state index in [4.69, 9.17) is 4.74 Å². The predicted octanol–water partition coefficient (Wildman–Crippen LogP) is 3.99. The number of benzene rings is 2. The number of Topliss-reactive ketones (excluding diaryl/α,β-unsaturated/α-hetero) is 1. The van der Waals surface area contributed by atoms with Crippen LogP contribution in [0.2, 0.25) is 0 Å². The SMILES string of the molecule is CCC(C)/C=C(C)/C=C/C(=O)CC1=C(c2cc(O)c(O)cc2C2=C(O)/C(=C\c3ccc(O)cc3)OC2=O)C(O)(C(C)=O)C(O)C1O. The maximum absolute atomic E-state index is 13.2. The molecule has 11 nitrogen and oxygen atoms in total. The molecule has 4 unspecified atom stereocenters. The number of rotatable bonds is 10. The second-order valence-corrected chi connectivity index (χ2v) is 11.5. The van der Waals surface area contributed by atoms with Gasteiger partial charge in [-0.2, -0.15) is 0 Å². The molecule has 242 valence electrons. The van der Waals surface area contributed by atoms with E-state index in [0.717, 1.165) is 31.1 Å². The standard InChI is InChI=1S/C35H36O11/c1-5-17(2)12-18(3)6-9-22(38)14-25-30(35(45,19(4)36)33(43)31(25)41)24-16-27(40)26(39)15-23(24)29-32(42)28(46-34(29)44)13-20-7-10-21(37)11-8-20/h6-13,15-17,31,33,37,39-43,45H,5,14H2,1-4H3/b9-6+,18-12+,28-13+. The zero-order chi connectivity index (χ0) is 34.1. The van der Waals surface area contributed by atoms with Gasteiger partial charge in [0.15, 0.2) is 40.2 Å². The molecular formula is C35H36O11. The second-order valence-electron chi connectivity index (χ2n) is 11.5. The summed E-state index contributed by atoms with van der Waals surface area (Å²) in [5.41, 5.74) is -3.57. The largest absolute Gasteiger partial charge is 0.508 e. The molecule has 1 aliphatic carbocycles. The van der Waals surface area contributed by atoms with Gasteiger partial charge in [-0.25, -0.2) is 4.79 Å². The van der Waals surface area contributed by atoms with Gasteiger partial charge in [-0.1, -0.05) is 50.1 Å². The van der Waals surface area contributed by atoms with E-state index in [1.54, 1.807) is 13.0 Å². The summed E-state index contributed by atoms with van der Waals surface area (Å²) in [6, 6.07) is 7.47. The normalized spacial score (nSPS) is 23.5. The van der Waals surface area contributed by atoms with Crippen LogP contribution in [0.25, 0.3) is 17.2 Å². The van der Waals surface area contributed by atoms with E-state index in [1.165, 1.54) is 36.4 Å². The number of ketones is 2. The van der Waals surface area contributed by atoms with Gasteiger partial charge >= 0.3 is 5.97 Å². The van der Waals surface area contributed by atoms with Gasteiger partial charge in [-0.15, -0.1) is 0 Å². The number of carbonyl (C=O) groups excluding carboxylic acids is 3. The molecule has 0 radical (unpaired) electrons. The topological polar surface area (TPSA) is 202 Å². The first-order valence-corrected chi connectivity index (χ1v) is 14.6. The van der Waals surface area contributed by atoms with Gasteiger partial charge in [0.2, 0.25) is 0 Å². The van der Waals surface area contributed by atoms with Crippen molar-refractivity contribution in [3.05, 3.63) is 94.0 Å². The van der Waals surface area contributed by atoms with E-state index < -0.39 is 70.2 Å². The van der Waals surface area contributed by atoms with Crippen LogP contribution in [0.15, 0.2) is 77.3 Å². The Labute approximate surface area is 265 Å². The zero-order valence-electron chi connectivity index (χ0n) is 25.7. The van der Waals surface area contributed by atoms with Gasteiger partial charge < -0.3 is 40.5 Å². The summed E-state index contributed by atoms with van der Waals surface area (Å²) in [6.07, 6.45) is 2.31. The number of cyclic esters (lactones) is 1. The smallest absolute Gasteiger partial charge is 0.348 e. The van der Waals surface area contributed by atoms with E-state index in [-0.39, 0.29) is 34.1 Å². The summed E-state index contributed by atoms with van der Waals surface area (Å²) in [4.78, 5) is 39.2. The molecule has 1 heterocycles. The van der Waals surface area contributed by atoms with Gasteiger partial charge in [0.1, 0.15) is 23.5 Å². The summed E-state index contributed by atoms with van der Waals surface area (Å²) < 4.78 is 5.26. The van der Waals surface area contributed by atoms with Crippen LogP contribution in [-0.2, 0) is 19.1 Å². The molecule has 0 saturated heterocycles. The van der Waals surface area contributed by atoms with Gasteiger partial charge in [-0.05, 0) is 72.9 Å². The number of aliphatic hydroxyl groups excluding tert-OH is 3. The number of esters is 1. The molecule has 0 amide bonds. The number of aliphatic hydroxyl groups is 4. The van der Waals surface area contributed by atoms with Crippen LogP contribution in [0.5, 0.6) is 17.2 Å². The number of carbonyl (C=O) groups is 3. The molecule has 11 heteroatoms. The Hall–Kier alpha value is -4.97. The van der Waals surface area contributed by atoms with E-state index in [2.05, 4.69) is 0 Å². The van der Waals surface area contributed by atoms with Crippen LogP contribution in [0.1, 0.15) is 57.2 Å². The van der Waals surface area contributed by atoms with Crippen molar-refractivity contribution in [3.8, 4) is 17.2 Å². The molecular weight excluding hydrogens is 596 g/mol. The Bertz CT molecular complexity index is 1740. The van der Waals surface area contributed by atoms with E-state index in [0.29, 0.717) is 5.56 Å². The number of ether oxygens (including phenoxy) is 1. The summed E-state index contributed by atoms with van der Waals surface area (Å²) in [5, 5.41) is 75.3. The molecule has 0 fully saturated rings. The molecule has 4 rings (SSSR count). The molecule has 1 aliphatic heterocycles. The van der Waals surface area contributed by atoms with Crippen molar-refractivity contribution in [3.63, 3.8) is 0 Å². The van der Waals surface area contributed by atoms with Crippen LogP contribution >= 0.6 is 0 Å². The van der Waals surface area contributed by atoms with E-state index in [9.17, 15) is 50.1 Å². The maximum Gasteiger partial charge on any atom is 0.348 e. The lowest BCUT2D eigenvalue weighted by atomic mass is 9.81. The molecule has 46 heavy (non-hydrogen) atoms. The number of phenolic OH excluding ortho intramolecular Hbond substituents is 3. The van der Waals surface area contributed by atoms with Crippen molar-refractivity contribution >= 4 is 34.8 Å². The third kappa shape index (κ3) is 6.38. The van der Waals surface area contributed by atoms with Crippen LogP contribution in [0, 0.1) is 5.92 Å². The fourth-order valence-electron chi connectivity index (χ4n) is 5.48. The number of allylic oxidation sites excluding steroid dienone is 4. The fourth-order valence-corrected chi connectivity index (χ4v) is 5.48. The molecule has 0 bridgehead atoms. The van der Waals surface area contributed by atoms with Crippen LogP contribution < -0.4 is 0 Å². The summed E-state index contributed by atoms with van der Waals surface area (Å²) >= 11 is 0. The minimum Gasteiger partial charge on any atom is -0.508 e. The van der Waals surface area contributed by atoms with Crippen molar-refractivity contribution in [2.45, 2.75) is 58.3 Å². The third-order valence-corrected chi connectivity index (χ3v) is 8.13. The predicted molar refractivity (Wildman–Crippen MR) is 168 cm³/mol. The fraction of sp³-hybridized carbons (Fsp3) is 0.286. The Morgan fingerprint density at radius 1 is 0.978 bits per heavy atom. The van der Waals surface area contributed by atoms with Crippen molar-refractivity contribution in [1.82, 2.24) is 0 Å². The minimum absolute atomic E-state index is 0.0233. The van der Waals surface area contributed by atoms with E-state index >= 15 is 0 Å². The van der Waals surface area contributed by atoms with Gasteiger partial charge in [0, 0.05) is 17.6 Å². The molecule has 2 aliphatic rings. The third-order valence-electron chi connectivity index (χ3n) is 8.13. The monoisotopic (exact) mass is 632 g/mol. The molecule has 2 aromatic carbocycles. The highest BCUT2D eigenvalue weighted by molar-refractivity contribution is 6.23. The highest BCUT2D eigenvalue weighted by Crippen LogP contribution is 2.49. The zero-order valence-corrected chi connectivity index (χ0v) is 25.7. The number of phenols is 3. The lowest BCUT2D eigenvalue weighted by Gasteiger charge is -2.29. The quantitative estimate of drug-likeness (QED) is 0.0864. The molecule has 7 N–H and O–H groups in total. The minimum atomic E-state index is -2.83. The number of hydrogen-bond donors (Lipinski definition) is 7.